The molecule has 6 heteroatoms. The van der Waals surface area contributed by atoms with E-state index in [0.29, 0.717) is 17.9 Å². The molecule has 0 N–H and O–H groups in total. The lowest BCUT2D eigenvalue weighted by Gasteiger charge is -2.31. The first-order valence-electron chi connectivity index (χ1n) is 7.93. The number of alkyl halides is 3. The molecule has 0 aliphatic heterocycles. The van der Waals surface area contributed by atoms with Crippen LogP contribution in [0.15, 0.2) is 5.10 Å². The van der Waals surface area contributed by atoms with E-state index in [-0.39, 0.29) is 5.92 Å². The first-order valence-corrected chi connectivity index (χ1v) is 7.93. The van der Waals surface area contributed by atoms with Crippen LogP contribution in [0.2, 0.25) is 0 Å². The quantitative estimate of drug-likeness (QED) is 0.566. The van der Waals surface area contributed by atoms with Crippen LogP contribution in [-0.2, 0) is 4.79 Å². The van der Waals surface area contributed by atoms with E-state index < -0.39 is 18.1 Å². The van der Waals surface area contributed by atoms with Crippen molar-refractivity contribution < 1.29 is 18.0 Å². The first-order chi connectivity index (χ1) is 9.98. The molecule has 1 amide bonds. The van der Waals surface area contributed by atoms with Gasteiger partial charge in [0.25, 0.3) is 0 Å². The lowest BCUT2D eigenvalue weighted by Crippen LogP contribution is -2.44. The fourth-order valence-corrected chi connectivity index (χ4v) is 3.22. The van der Waals surface area contributed by atoms with Gasteiger partial charge in [0.2, 0.25) is 0 Å². The molecule has 3 nitrogen and oxygen atoms in total. The number of halogens is 3. The zero-order chi connectivity index (χ0) is 15.3. The van der Waals surface area contributed by atoms with E-state index in [1.807, 2.05) is 0 Å². The highest BCUT2D eigenvalue weighted by atomic mass is 19.4. The number of nitrogens with zero attached hydrogens (tertiary/aromatic N) is 2. The summed E-state index contributed by atoms with van der Waals surface area (Å²) in [5.74, 6) is -1.60. The Morgan fingerprint density at radius 3 is 2.00 bits per heavy atom. The van der Waals surface area contributed by atoms with Crippen molar-refractivity contribution >= 4 is 12.1 Å². The van der Waals surface area contributed by atoms with E-state index >= 15 is 0 Å². The van der Waals surface area contributed by atoms with E-state index in [2.05, 4.69) is 5.10 Å². The van der Waals surface area contributed by atoms with Gasteiger partial charge < -0.3 is 0 Å². The van der Waals surface area contributed by atoms with E-state index in [9.17, 15) is 18.0 Å². The Labute approximate surface area is 123 Å². The molecule has 0 unspecified atom stereocenters. The van der Waals surface area contributed by atoms with Crippen LogP contribution in [0.5, 0.6) is 0 Å². The second-order valence-corrected chi connectivity index (χ2v) is 6.10. The van der Waals surface area contributed by atoms with E-state index in [1.165, 1.54) is 6.42 Å². The van der Waals surface area contributed by atoms with Gasteiger partial charge in [0.1, 0.15) is 0 Å². The average molecular weight is 304 g/mol. The van der Waals surface area contributed by atoms with Gasteiger partial charge in [-0.1, -0.05) is 38.5 Å². The predicted molar refractivity (Wildman–Crippen MR) is 74.8 cm³/mol. The van der Waals surface area contributed by atoms with Crippen LogP contribution >= 0.6 is 0 Å². The van der Waals surface area contributed by atoms with Gasteiger partial charge in [-0.05, 0) is 31.6 Å². The summed E-state index contributed by atoms with van der Waals surface area (Å²) in [4.78, 5) is 11.6. The zero-order valence-corrected chi connectivity index (χ0v) is 12.2. The molecule has 0 bridgehead atoms. The van der Waals surface area contributed by atoms with Crippen molar-refractivity contribution in [1.29, 1.82) is 0 Å². The van der Waals surface area contributed by atoms with Crippen molar-refractivity contribution in [2.45, 2.75) is 76.4 Å². The third-order valence-electron chi connectivity index (χ3n) is 4.42. The molecule has 0 radical (unpaired) electrons. The largest absolute Gasteiger partial charge is 0.473 e. The molecule has 0 saturated heterocycles. The highest BCUT2D eigenvalue weighted by Crippen LogP contribution is 2.28. The summed E-state index contributed by atoms with van der Waals surface area (Å²) >= 11 is 0. The number of hydrazone groups is 1. The summed E-state index contributed by atoms with van der Waals surface area (Å²) in [5.41, 5.74) is 0. The van der Waals surface area contributed by atoms with Gasteiger partial charge in [0, 0.05) is 6.21 Å². The van der Waals surface area contributed by atoms with Crippen LogP contribution in [0.3, 0.4) is 0 Å². The summed E-state index contributed by atoms with van der Waals surface area (Å²) in [6, 6.07) is -0.396. The maximum atomic E-state index is 12.8. The smallest absolute Gasteiger partial charge is 0.262 e. The SMILES string of the molecule is O=C(N(/N=C/C1CCCCC1)C1CCCCC1)C(F)(F)F. The summed E-state index contributed by atoms with van der Waals surface area (Å²) in [5, 5.41) is 4.69. The van der Waals surface area contributed by atoms with Crippen LogP contribution in [0.1, 0.15) is 64.2 Å². The minimum absolute atomic E-state index is 0.214. The van der Waals surface area contributed by atoms with Crippen LogP contribution < -0.4 is 0 Å². The maximum absolute atomic E-state index is 12.8. The lowest BCUT2D eigenvalue weighted by molar-refractivity contribution is -0.188. The summed E-state index contributed by atoms with van der Waals surface area (Å²) in [7, 11) is 0. The number of hydrogen-bond donors (Lipinski definition) is 0. The topological polar surface area (TPSA) is 32.7 Å². The third kappa shape index (κ3) is 4.71. The van der Waals surface area contributed by atoms with Crippen molar-refractivity contribution in [1.82, 2.24) is 5.01 Å². The number of carbonyl (C=O) groups excluding carboxylic acids is 1. The molecule has 2 saturated carbocycles. The molecule has 120 valence electrons. The van der Waals surface area contributed by atoms with Gasteiger partial charge in [0.15, 0.2) is 0 Å². The Balaban J connectivity index is 2.06. The molecule has 2 aliphatic carbocycles. The van der Waals surface area contributed by atoms with E-state index in [4.69, 9.17) is 0 Å². The van der Waals surface area contributed by atoms with Gasteiger partial charge in [-0.2, -0.15) is 18.3 Å². The van der Waals surface area contributed by atoms with Crippen LogP contribution in [0.25, 0.3) is 0 Å². The lowest BCUT2D eigenvalue weighted by atomic mass is 9.90. The molecular weight excluding hydrogens is 281 g/mol. The molecule has 0 aromatic carbocycles. The summed E-state index contributed by atoms with van der Waals surface area (Å²) in [6.07, 6.45) is 6.00. The number of hydrogen-bond acceptors (Lipinski definition) is 2. The molecule has 2 rings (SSSR count). The molecule has 0 atom stereocenters. The van der Waals surface area contributed by atoms with Crippen LogP contribution in [-0.4, -0.2) is 29.3 Å². The highest BCUT2D eigenvalue weighted by molar-refractivity contribution is 5.82. The maximum Gasteiger partial charge on any atom is 0.473 e. The van der Waals surface area contributed by atoms with Gasteiger partial charge >= 0.3 is 12.1 Å². The Bertz CT molecular complexity index is 370. The standard InChI is InChI=1S/C15H23F3N2O/c16-15(17,18)14(21)20(13-9-5-2-6-10-13)19-11-12-7-3-1-4-8-12/h11-13H,1-10H2/b19-11+. The number of rotatable bonds is 3. The normalized spacial score (nSPS) is 22.6. The van der Waals surface area contributed by atoms with E-state index in [0.717, 1.165) is 44.9 Å². The third-order valence-corrected chi connectivity index (χ3v) is 4.42. The second-order valence-electron chi connectivity index (χ2n) is 6.10. The van der Waals surface area contributed by atoms with Gasteiger partial charge in [-0.3, -0.25) is 4.79 Å². The van der Waals surface area contributed by atoms with Gasteiger partial charge in [-0.25, -0.2) is 5.01 Å². The minimum atomic E-state index is -4.85. The van der Waals surface area contributed by atoms with Crippen molar-refractivity contribution in [3.8, 4) is 0 Å². The first kappa shape index (κ1) is 16.3. The average Bonchev–Trinajstić information content (AvgIpc) is 2.48. The molecule has 0 aromatic rings. The molecule has 2 fully saturated rings. The Kier molecular flexibility index (Phi) is 5.65. The fourth-order valence-electron chi connectivity index (χ4n) is 3.22. The summed E-state index contributed by atoms with van der Waals surface area (Å²) < 4.78 is 38.3. The molecule has 2 aliphatic rings. The van der Waals surface area contributed by atoms with E-state index in [1.54, 1.807) is 6.21 Å². The molecule has 21 heavy (non-hydrogen) atoms. The minimum Gasteiger partial charge on any atom is -0.262 e. The predicted octanol–water partition coefficient (Wildman–Crippen LogP) is 4.28. The Morgan fingerprint density at radius 1 is 0.952 bits per heavy atom. The van der Waals surface area contributed by atoms with Crippen molar-refractivity contribution in [3.05, 3.63) is 0 Å². The monoisotopic (exact) mass is 304 g/mol. The van der Waals surface area contributed by atoms with Gasteiger partial charge in [-0.15, -0.1) is 0 Å². The fraction of sp³-hybridized carbons (Fsp3) is 0.867. The second kappa shape index (κ2) is 7.27. The van der Waals surface area contributed by atoms with Crippen LogP contribution in [0, 0.1) is 5.92 Å². The summed E-state index contributed by atoms with van der Waals surface area (Å²) in [6.45, 7) is 0. The molecular formula is C15H23F3N2O. The zero-order valence-electron chi connectivity index (χ0n) is 12.2. The van der Waals surface area contributed by atoms with Crippen molar-refractivity contribution in [2.24, 2.45) is 11.0 Å². The van der Waals surface area contributed by atoms with Crippen molar-refractivity contribution in [2.75, 3.05) is 0 Å². The number of carbonyl (C=O) groups is 1. The Morgan fingerprint density at radius 2 is 1.48 bits per heavy atom. The van der Waals surface area contributed by atoms with Gasteiger partial charge in [0.05, 0.1) is 6.04 Å². The number of amides is 1. The van der Waals surface area contributed by atoms with Crippen LogP contribution in [0.4, 0.5) is 13.2 Å². The Hall–Kier alpha value is -1.07. The van der Waals surface area contributed by atoms with Crippen molar-refractivity contribution in [3.63, 3.8) is 0 Å². The molecule has 0 spiro atoms. The molecule has 0 heterocycles. The molecule has 0 aromatic heterocycles. The highest BCUT2D eigenvalue weighted by Gasteiger charge is 2.45.